The number of unbranched alkanes of at least 4 members (excludes halogenated alkanes) is 1. The molecule has 2 aliphatic rings. The van der Waals surface area contributed by atoms with Gasteiger partial charge in [0, 0.05) is 6.61 Å². The van der Waals surface area contributed by atoms with Gasteiger partial charge in [-0.2, -0.15) is 0 Å². The fourth-order valence-corrected chi connectivity index (χ4v) is 6.88. The van der Waals surface area contributed by atoms with Crippen LogP contribution in [0.4, 0.5) is 0 Å². The Bertz CT molecular complexity index is 432. The van der Waals surface area contributed by atoms with Crippen LogP contribution in [0, 0.1) is 53.3 Å². The van der Waals surface area contributed by atoms with Crippen molar-refractivity contribution in [2.24, 2.45) is 53.3 Å². The molecule has 2 nitrogen and oxygen atoms in total. The van der Waals surface area contributed by atoms with E-state index in [-0.39, 0.29) is 12.7 Å². The molecule has 8 atom stereocenters. The van der Waals surface area contributed by atoms with Gasteiger partial charge in [0.05, 0.1) is 6.10 Å². The molecule has 0 spiro atoms. The Morgan fingerprint density at radius 3 is 1.71 bits per heavy atom. The average Bonchev–Trinajstić information content (AvgIpc) is 2.64. The first kappa shape index (κ1) is 24.2. The monoisotopic (exact) mass is 394 g/mol. The number of rotatable bonds is 9. The van der Waals surface area contributed by atoms with Crippen molar-refractivity contribution in [2.45, 2.75) is 105 Å². The standard InChI is InChI=1S/C26H50O2/c1-17(2)21-12-10-19(5)15-24(21)23(9-7-8-14-27)26(28)25-16-20(6)11-13-22(25)18(3)4/h17-28H,7-16H2,1-6H3. The zero-order valence-electron chi connectivity index (χ0n) is 19.7. The molecular formula is C26H50O2. The van der Waals surface area contributed by atoms with Gasteiger partial charge in [-0.3, -0.25) is 0 Å². The van der Waals surface area contributed by atoms with Crippen LogP contribution < -0.4 is 0 Å². The van der Waals surface area contributed by atoms with Gasteiger partial charge in [-0.25, -0.2) is 0 Å². The number of hydrogen-bond donors (Lipinski definition) is 2. The van der Waals surface area contributed by atoms with Gasteiger partial charge >= 0.3 is 0 Å². The molecule has 2 rings (SSSR count). The Morgan fingerprint density at radius 1 is 0.714 bits per heavy atom. The summed E-state index contributed by atoms with van der Waals surface area (Å²) in [6, 6.07) is 0. The molecule has 8 unspecified atom stereocenters. The third kappa shape index (κ3) is 6.21. The van der Waals surface area contributed by atoms with Crippen molar-refractivity contribution >= 4 is 0 Å². The number of hydrogen-bond acceptors (Lipinski definition) is 2. The second kappa shape index (κ2) is 11.3. The van der Waals surface area contributed by atoms with Crippen molar-refractivity contribution in [3.63, 3.8) is 0 Å². The fraction of sp³-hybridized carbons (Fsp3) is 1.00. The lowest BCUT2D eigenvalue weighted by Crippen LogP contribution is -2.45. The lowest BCUT2D eigenvalue weighted by molar-refractivity contribution is -0.0627. The third-order valence-corrected chi connectivity index (χ3v) is 8.52. The maximum Gasteiger partial charge on any atom is 0.0602 e. The summed E-state index contributed by atoms with van der Waals surface area (Å²) >= 11 is 0. The molecular weight excluding hydrogens is 344 g/mol. The second-order valence-electron chi connectivity index (χ2n) is 11.4. The van der Waals surface area contributed by atoms with Crippen molar-refractivity contribution in [1.29, 1.82) is 0 Å². The van der Waals surface area contributed by atoms with E-state index >= 15 is 0 Å². The van der Waals surface area contributed by atoms with Crippen LogP contribution in [0.25, 0.3) is 0 Å². The minimum absolute atomic E-state index is 0.162. The molecule has 2 aliphatic carbocycles. The average molecular weight is 395 g/mol. The van der Waals surface area contributed by atoms with Crippen molar-refractivity contribution in [1.82, 2.24) is 0 Å². The molecule has 2 saturated carbocycles. The van der Waals surface area contributed by atoms with Gasteiger partial charge in [0.15, 0.2) is 0 Å². The summed E-state index contributed by atoms with van der Waals surface area (Å²) in [4.78, 5) is 0. The van der Waals surface area contributed by atoms with Crippen LogP contribution >= 0.6 is 0 Å². The SMILES string of the molecule is CC1CCC(C(C)C)C(C(O)C(CCCCO)C2CC(C)CCC2C(C)C)C1. The van der Waals surface area contributed by atoms with Gasteiger partial charge in [-0.1, -0.05) is 60.8 Å². The Morgan fingerprint density at radius 2 is 1.21 bits per heavy atom. The van der Waals surface area contributed by atoms with Gasteiger partial charge in [0.2, 0.25) is 0 Å². The largest absolute Gasteiger partial charge is 0.396 e. The summed E-state index contributed by atoms with van der Waals surface area (Å²) in [6.45, 7) is 14.6. The molecule has 0 radical (unpaired) electrons. The molecule has 0 bridgehead atoms. The van der Waals surface area contributed by atoms with E-state index in [1.54, 1.807) is 0 Å². The lowest BCUT2D eigenvalue weighted by Gasteiger charge is -2.48. The molecule has 0 aliphatic heterocycles. The highest BCUT2D eigenvalue weighted by Gasteiger charge is 2.44. The molecule has 0 aromatic rings. The normalized spacial score (nSPS) is 36.6. The first-order valence-electron chi connectivity index (χ1n) is 12.5. The van der Waals surface area contributed by atoms with Gasteiger partial charge in [0.1, 0.15) is 0 Å². The summed E-state index contributed by atoms with van der Waals surface area (Å²) in [5.41, 5.74) is 0. The maximum absolute atomic E-state index is 11.8. The fourth-order valence-electron chi connectivity index (χ4n) is 6.88. The van der Waals surface area contributed by atoms with Gasteiger partial charge in [-0.15, -0.1) is 0 Å². The van der Waals surface area contributed by atoms with Crippen molar-refractivity contribution in [2.75, 3.05) is 6.61 Å². The first-order valence-corrected chi connectivity index (χ1v) is 12.5. The quantitative estimate of drug-likeness (QED) is 0.436. The maximum atomic E-state index is 11.8. The molecule has 0 saturated heterocycles. The van der Waals surface area contributed by atoms with Crippen LogP contribution in [0.5, 0.6) is 0 Å². The first-order chi connectivity index (χ1) is 13.3. The van der Waals surface area contributed by atoms with E-state index in [2.05, 4.69) is 41.5 Å². The smallest absolute Gasteiger partial charge is 0.0602 e. The molecule has 2 fully saturated rings. The minimum atomic E-state index is -0.162. The molecule has 0 heterocycles. The molecule has 2 N–H and O–H groups in total. The second-order valence-corrected chi connectivity index (χ2v) is 11.4. The highest BCUT2D eigenvalue weighted by molar-refractivity contribution is 4.93. The Kier molecular flexibility index (Phi) is 9.81. The van der Waals surface area contributed by atoms with Gasteiger partial charge in [-0.05, 0) is 91.8 Å². The van der Waals surface area contributed by atoms with E-state index in [4.69, 9.17) is 0 Å². The van der Waals surface area contributed by atoms with Gasteiger partial charge in [0.25, 0.3) is 0 Å². The van der Waals surface area contributed by atoms with E-state index in [1.165, 1.54) is 38.5 Å². The molecule has 0 aromatic carbocycles. The Balaban J connectivity index is 2.26. The molecule has 2 heteroatoms. The van der Waals surface area contributed by atoms with E-state index < -0.39 is 0 Å². The Labute approximate surface area is 175 Å². The van der Waals surface area contributed by atoms with E-state index in [0.29, 0.717) is 35.5 Å². The molecule has 0 aromatic heterocycles. The highest BCUT2D eigenvalue weighted by Crippen LogP contribution is 2.48. The van der Waals surface area contributed by atoms with Crippen LogP contribution in [0.1, 0.15) is 99.3 Å². The van der Waals surface area contributed by atoms with E-state index in [0.717, 1.165) is 37.0 Å². The summed E-state index contributed by atoms with van der Waals surface area (Å²) in [5, 5.41) is 21.2. The zero-order chi connectivity index (χ0) is 20.8. The van der Waals surface area contributed by atoms with Crippen LogP contribution in [0.2, 0.25) is 0 Å². The van der Waals surface area contributed by atoms with Crippen LogP contribution in [0.15, 0.2) is 0 Å². The lowest BCUT2D eigenvalue weighted by atomic mass is 9.59. The molecule has 28 heavy (non-hydrogen) atoms. The van der Waals surface area contributed by atoms with Gasteiger partial charge < -0.3 is 10.2 Å². The van der Waals surface area contributed by atoms with Crippen LogP contribution in [-0.2, 0) is 0 Å². The summed E-state index contributed by atoms with van der Waals surface area (Å²) in [6.07, 6.45) is 10.7. The minimum Gasteiger partial charge on any atom is -0.396 e. The summed E-state index contributed by atoms with van der Waals surface area (Å²) in [7, 11) is 0. The summed E-state index contributed by atoms with van der Waals surface area (Å²) < 4.78 is 0. The predicted octanol–water partition coefficient (Wildman–Crippen LogP) is 6.54. The van der Waals surface area contributed by atoms with Crippen molar-refractivity contribution < 1.29 is 10.2 Å². The van der Waals surface area contributed by atoms with E-state index in [9.17, 15) is 10.2 Å². The van der Waals surface area contributed by atoms with E-state index in [1.807, 2.05) is 0 Å². The topological polar surface area (TPSA) is 40.5 Å². The van der Waals surface area contributed by atoms with Crippen molar-refractivity contribution in [3.05, 3.63) is 0 Å². The molecule has 0 amide bonds. The highest BCUT2D eigenvalue weighted by atomic mass is 16.3. The third-order valence-electron chi connectivity index (χ3n) is 8.52. The number of aliphatic hydroxyl groups excluding tert-OH is 2. The van der Waals surface area contributed by atoms with Crippen LogP contribution in [0.3, 0.4) is 0 Å². The summed E-state index contributed by atoms with van der Waals surface area (Å²) in [5.74, 6) is 5.87. The predicted molar refractivity (Wildman–Crippen MR) is 120 cm³/mol. The number of aliphatic hydroxyl groups is 2. The molecule has 166 valence electrons. The Hall–Kier alpha value is -0.0800. The zero-order valence-corrected chi connectivity index (χ0v) is 19.7. The van der Waals surface area contributed by atoms with Crippen LogP contribution in [-0.4, -0.2) is 22.9 Å². The van der Waals surface area contributed by atoms with Crippen molar-refractivity contribution in [3.8, 4) is 0 Å².